The number of carbonyl (C=O) groups is 1. The first-order valence-electron chi connectivity index (χ1n) is 10.5. The van der Waals surface area contributed by atoms with Crippen molar-refractivity contribution in [2.45, 2.75) is 20.0 Å². The van der Waals surface area contributed by atoms with Crippen molar-refractivity contribution in [3.63, 3.8) is 0 Å². The number of hydrazone groups is 1. The first kappa shape index (κ1) is 24.6. The van der Waals surface area contributed by atoms with Crippen molar-refractivity contribution in [2.75, 3.05) is 23.3 Å². The van der Waals surface area contributed by atoms with Crippen molar-refractivity contribution >= 4 is 29.2 Å². The number of nitrogens with zero attached hydrogens (tertiary/aromatic N) is 3. The Morgan fingerprint density at radius 3 is 2.38 bits per heavy atom. The predicted octanol–water partition coefficient (Wildman–Crippen LogP) is 5.16. The average molecular weight is 471 g/mol. The third kappa shape index (κ3) is 6.25. The van der Waals surface area contributed by atoms with Gasteiger partial charge in [0.2, 0.25) is 0 Å². The van der Waals surface area contributed by atoms with Crippen molar-refractivity contribution in [2.24, 2.45) is 5.10 Å². The number of hydrogen-bond donors (Lipinski definition) is 3. The van der Waals surface area contributed by atoms with Crippen LogP contribution in [0.4, 0.5) is 30.2 Å². The van der Waals surface area contributed by atoms with E-state index in [1.54, 1.807) is 24.3 Å². The Morgan fingerprint density at radius 2 is 1.76 bits per heavy atom. The van der Waals surface area contributed by atoms with E-state index in [1.165, 1.54) is 24.4 Å². The molecule has 0 atom stereocenters. The van der Waals surface area contributed by atoms with Crippen molar-refractivity contribution < 1.29 is 23.1 Å². The molecule has 3 aromatic rings. The number of hydrogen-bond acceptors (Lipinski definition) is 6. The summed E-state index contributed by atoms with van der Waals surface area (Å²) in [5.41, 5.74) is 3.74. The topological polar surface area (TPSA) is 89.9 Å². The Kier molecular flexibility index (Phi) is 7.72. The zero-order valence-corrected chi connectivity index (χ0v) is 18.6. The fraction of sp³-hybridized carbons (Fsp3) is 0.208. The molecular weight excluding hydrogens is 447 g/mol. The molecule has 3 rings (SSSR count). The Morgan fingerprint density at radius 1 is 1.06 bits per heavy atom. The first-order chi connectivity index (χ1) is 16.2. The zero-order valence-electron chi connectivity index (χ0n) is 18.6. The van der Waals surface area contributed by atoms with Gasteiger partial charge in [-0.15, -0.1) is 0 Å². The van der Waals surface area contributed by atoms with Gasteiger partial charge >= 0.3 is 6.18 Å². The molecule has 1 amide bonds. The number of rotatable bonds is 8. The summed E-state index contributed by atoms with van der Waals surface area (Å²) in [4.78, 5) is 17.7. The van der Waals surface area contributed by atoms with Gasteiger partial charge in [-0.3, -0.25) is 9.78 Å². The lowest BCUT2D eigenvalue weighted by molar-refractivity contribution is -0.141. The van der Waals surface area contributed by atoms with Gasteiger partial charge < -0.3 is 15.3 Å². The fourth-order valence-electron chi connectivity index (χ4n) is 3.19. The van der Waals surface area contributed by atoms with Crippen LogP contribution in [0.3, 0.4) is 0 Å². The number of halogens is 3. The molecule has 0 saturated heterocycles. The fourth-order valence-corrected chi connectivity index (χ4v) is 3.19. The molecule has 1 heterocycles. The van der Waals surface area contributed by atoms with Crippen LogP contribution in [0.15, 0.2) is 65.9 Å². The number of carbonyl (C=O) groups excluding carboxylic acids is 1. The lowest BCUT2D eigenvalue weighted by Crippen LogP contribution is -2.21. The van der Waals surface area contributed by atoms with Crippen LogP contribution in [-0.2, 0) is 6.18 Å². The second-order valence-electron chi connectivity index (χ2n) is 7.24. The first-order valence-corrected chi connectivity index (χ1v) is 10.5. The lowest BCUT2D eigenvalue weighted by Gasteiger charge is -2.21. The Hall–Kier alpha value is -4.08. The highest BCUT2D eigenvalue weighted by Crippen LogP contribution is 2.29. The summed E-state index contributed by atoms with van der Waals surface area (Å²) in [7, 11) is 0. The van der Waals surface area contributed by atoms with Gasteiger partial charge in [0, 0.05) is 53.5 Å². The number of anilines is 3. The summed E-state index contributed by atoms with van der Waals surface area (Å²) < 4.78 is 38.4. The Labute approximate surface area is 194 Å². The maximum atomic E-state index is 12.8. The number of benzene rings is 2. The number of aromatic hydroxyl groups is 1. The molecule has 1 aromatic heterocycles. The number of phenolic OH excluding ortho intramolecular Hbond substituents is 1. The highest BCUT2D eigenvalue weighted by molar-refractivity contribution is 5.95. The summed E-state index contributed by atoms with van der Waals surface area (Å²) in [5, 5.41) is 17.0. The molecule has 0 aliphatic carbocycles. The maximum absolute atomic E-state index is 12.8. The van der Waals surface area contributed by atoms with Gasteiger partial charge in [-0.1, -0.05) is 0 Å². The number of aromatic nitrogens is 1. The Bertz CT molecular complexity index is 1160. The summed E-state index contributed by atoms with van der Waals surface area (Å²) >= 11 is 0. The van der Waals surface area contributed by atoms with E-state index in [1.807, 2.05) is 19.9 Å². The standard InChI is InChI=1S/C24H24F3N5O2/c1-3-32(4-2)20-10-7-17(21(33)14-20)15-29-31-23(34)16-5-8-18(9-6-16)30-19-11-12-28-22(13-19)24(25,26)27/h5-15,33H,3-4H2,1-2H3,(H,28,30)(H,31,34)/b29-15+. The number of nitrogens with one attached hydrogen (secondary N) is 2. The largest absolute Gasteiger partial charge is 0.507 e. The Balaban J connectivity index is 1.61. The van der Waals surface area contributed by atoms with E-state index < -0.39 is 17.8 Å². The van der Waals surface area contributed by atoms with Gasteiger partial charge in [-0.2, -0.15) is 18.3 Å². The van der Waals surface area contributed by atoms with Gasteiger partial charge in [-0.25, -0.2) is 5.43 Å². The van der Waals surface area contributed by atoms with Crippen molar-refractivity contribution in [1.82, 2.24) is 10.4 Å². The highest BCUT2D eigenvalue weighted by atomic mass is 19.4. The molecule has 0 aliphatic heterocycles. The van der Waals surface area contributed by atoms with Crippen LogP contribution in [0.2, 0.25) is 0 Å². The average Bonchev–Trinajstić information content (AvgIpc) is 2.81. The molecule has 3 N–H and O–H groups in total. The van der Waals surface area contributed by atoms with Crippen molar-refractivity contribution in [3.8, 4) is 5.75 Å². The number of amides is 1. The summed E-state index contributed by atoms with van der Waals surface area (Å²) in [6, 6.07) is 13.7. The van der Waals surface area contributed by atoms with Gasteiger partial charge in [0.25, 0.3) is 5.91 Å². The van der Waals surface area contributed by atoms with Crippen molar-refractivity contribution in [3.05, 3.63) is 77.6 Å². The van der Waals surface area contributed by atoms with Gasteiger partial charge in [0.05, 0.1) is 6.21 Å². The van der Waals surface area contributed by atoms with Crippen LogP contribution < -0.4 is 15.6 Å². The maximum Gasteiger partial charge on any atom is 0.433 e. The van der Waals surface area contributed by atoms with E-state index in [-0.39, 0.29) is 11.4 Å². The molecule has 0 unspecified atom stereocenters. The minimum atomic E-state index is -4.54. The third-order valence-corrected chi connectivity index (χ3v) is 5.00. The number of alkyl halides is 3. The van der Waals surface area contributed by atoms with Crippen LogP contribution in [0.25, 0.3) is 0 Å². The molecule has 178 valence electrons. The second-order valence-corrected chi connectivity index (χ2v) is 7.24. The van der Waals surface area contributed by atoms with E-state index in [0.29, 0.717) is 16.8 Å². The molecule has 0 fully saturated rings. The highest BCUT2D eigenvalue weighted by Gasteiger charge is 2.32. The zero-order chi connectivity index (χ0) is 24.7. The van der Waals surface area contributed by atoms with E-state index >= 15 is 0 Å². The number of pyridine rings is 1. The summed E-state index contributed by atoms with van der Waals surface area (Å²) in [5.74, 6) is -0.437. The van der Waals surface area contributed by atoms with E-state index in [4.69, 9.17) is 0 Å². The van der Waals surface area contributed by atoms with Crippen LogP contribution in [-0.4, -0.2) is 35.3 Å². The van der Waals surface area contributed by atoms with Gasteiger partial charge in [-0.05, 0) is 62.4 Å². The van der Waals surface area contributed by atoms with Gasteiger partial charge in [0.15, 0.2) is 0 Å². The molecule has 0 saturated carbocycles. The van der Waals surface area contributed by atoms with E-state index in [0.717, 1.165) is 31.0 Å². The molecule has 7 nitrogen and oxygen atoms in total. The SMILES string of the molecule is CCN(CC)c1ccc(/C=N/NC(=O)c2ccc(Nc3ccnc(C(F)(F)F)c3)cc2)c(O)c1. The molecule has 0 bridgehead atoms. The molecule has 0 spiro atoms. The van der Waals surface area contributed by atoms with Gasteiger partial charge in [0.1, 0.15) is 11.4 Å². The van der Waals surface area contributed by atoms with Crippen LogP contribution in [0.1, 0.15) is 35.5 Å². The smallest absolute Gasteiger partial charge is 0.433 e. The molecule has 2 aromatic carbocycles. The monoisotopic (exact) mass is 471 g/mol. The molecule has 0 radical (unpaired) electrons. The summed E-state index contributed by atoms with van der Waals surface area (Å²) in [6.45, 7) is 5.67. The van der Waals surface area contributed by atoms with Crippen LogP contribution >= 0.6 is 0 Å². The van der Waals surface area contributed by atoms with E-state index in [2.05, 4.69) is 25.7 Å². The minimum Gasteiger partial charge on any atom is -0.507 e. The third-order valence-electron chi connectivity index (χ3n) is 5.00. The quantitative estimate of drug-likeness (QED) is 0.312. The van der Waals surface area contributed by atoms with E-state index in [9.17, 15) is 23.1 Å². The second kappa shape index (κ2) is 10.7. The normalized spacial score (nSPS) is 11.4. The number of phenols is 1. The predicted molar refractivity (Wildman–Crippen MR) is 126 cm³/mol. The van der Waals surface area contributed by atoms with Crippen LogP contribution in [0, 0.1) is 0 Å². The van der Waals surface area contributed by atoms with Crippen LogP contribution in [0.5, 0.6) is 5.75 Å². The van der Waals surface area contributed by atoms with Crippen molar-refractivity contribution in [1.29, 1.82) is 0 Å². The molecule has 34 heavy (non-hydrogen) atoms. The molecule has 10 heteroatoms. The molecule has 0 aliphatic rings. The lowest BCUT2D eigenvalue weighted by atomic mass is 10.2. The minimum absolute atomic E-state index is 0.0441. The molecular formula is C24H24F3N5O2. The summed E-state index contributed by atoms with van der Waals surface area (Å²) in [6.07, 6.45) is -2.12.